The molecule has 97 heavy (non-hydrogen) atoms. The standard InChI is InChI=1S/C78H148O17P2/c1-7-10-12-14-16-18-20-21-26-30-34-37-41-48-54-60-75(80)88-66-73(94-78(83)63-57-51-43-39-35-31-28-25-23-22-24-27-29-33-36-40-46-52-58-70(4)5)68-92-96(84,85)90-64-72(79)65-91-97(86,87)93-69-74(67-89-76(81)61-55-49-45-44-47-53-59-71(6)9-3)95-77(82)62-56-50-42-38-32-19-17-15-13-11-8-2/h18,20-21,26,70-74,79H,7-17,19,22-25,27-69H2,1-6H3,(H,84,85)(H,86,87)/b20-18-,26-21-/t71?,72-,73-,74-/m1/s1. The zero-order valence-electron chi connectivity index (χ0n) is 62.9. The number of phosphoric acid groups is 2. The Kier molecular flexibility index (Phi) is 67.5. The number of hydrogen-bond donors (Lipinski definition) is 3. The second-order valence-corrected chi connectivity index (χ2v) is 31.0. The van der Waals surface area contributed by atoms with Gasteiger partial charge in [-0.1, -0.05) is 329 Å². The first kappa shape index (κ1) is 94.5. The first-order chi connectivity index (χ1) is 46.9. The van der Waals surface area contributed by atoms with Crippen molar-refractivity contribution in [3.05, 3.63) is 24.3 Å². The van der Waals surface area contributed by atoms with Crippen LogP contribution in [-0.2, 0) is 65.4 Å². The van der Waals surface area contributed by atoms with E-state index in [-0.39, 0.29) is 25.7 Å². The Labute approximate surface area is 592 Å². The molecule has 0 radical (unpaired) electrons. The predicted molar refractivity (Wildman–Crippen MR) is 395 cm³/mol. The van der Waals surface area contributed by atoms with Gasteiger partial charge in [0.15, 0.2) is 12.2 Å². The zero-order chi connectivity index (χ0) is 71.4. The van der Waals surface area contributed by atoms with Gasteiger partial charge >= 0.3 is 39.5 Å². The molecule has 17 nitrogen and oxygen atoms in total. The Hall–Kier alpha value is -2.46. The predicted octanol–water partition coefficient (Wildman–Crippen LogP) is 22.7. The van der Waals surface area contributed by atoms with Gasteiger partial charge in [0.2, 0.25) is 0 Å². The van der Waals surface area contributed by atoms with E-state index >= 15 is 0 Å². The van der Waals surface area contributed by atoms with Crippen molar-refractivity contribution in [3.63, 3.8) is 0 Å². The lowest BCUT2D eigenvalue weighted by Crippen LogP contribution is -2.30. The van der Waals surface area contributed by atoms with Crippen molar-refractivity contribution >= 4 is 39.5 Å². The molecule has 0 bridgehead atoms. The highest BCUT2D eigenvalue weighted by molar-refractivity contribution is 7.47. The van der Waals surface area contributed by atoms with Crippen molar-refractivity contribution in [2.75, 3.05) is 39.6 Å². The van der Waals surface area contributed by atoms with Crippen molar-refractivity contribution in [1.82, 2.24) is 0 Å². The number of rotatable bonds is 75. The third-order valence-electron chi connectivity index (χ3n) is 17.9. The van der Waals surface area contributed by atoms with E-state index < -0.39 is 97.5 Å². The summed E-state index contributed by atoms with van der Waals surface area (Å²) in [6.07, 6.45) is 60.5. The van der Waals surface area contributed by atoms with Gasteiger partial charge in [-0.25, -0.2) is 9.13 Å². The zero-order valence-corrected chi connectivity index (χ0v) is 64.7. The van der Waals surface area contributed by atoms with E-state index in [0.29, 0.717) is 25.7 Å². The lowest BCUT2D eigenvalue weighted by molar-refractivity contribution is -0.161. The lowest BCUT2D eigenvalue weighted by Gasteiger charge is -2.21. The van der Waals surface area contributed by atoms with Crippen LogP contribution in [-0.4, -0.2) is 96.7 Å². The third kappa shape index (κ3) is 70.4. The number of esters is 4. The summed E-state index contributed by atoms with van der Waals surface area (Å²) in [5, 5.41) is 10.6. The second-order valence-electron chi connectivity index (χ2n) is 28.1. The van der Waals surface area contributed by atoms with E-state index in [2.05, 4.69) is 65.8 Å². The lowest BCUT2D eigenvalue weighted by atomic mass is 10.00. The SMILES string of the molecule is CCCCCC/C=C\C=C/CCCCCCCC(=O)OC[C@H](COP(=O)(O)OC[C@@H](O)COP(=O)(O)OC[C@@H](COC(=O)CCCCCCCCC(C)CC)OC(=O)CCCCCCCCCCCCC)OC(=O)CCCCCCCCCCCCCCCCCCCCC(C)C. The molecule has 6 atom stereocenters. The summed E-state index contributed by atoms with van der Waals surface area (Å²) in [4.78, 5) is 72.8. The number of ether oxygens (including phenoxy) is 4. The molecule has 0 saturated heterocycles. The Morgan fingerprint density at radius 3 is 0.928 bits per heavy atom. The van der Waals surface area contributed by atoms with Crippen molar-refractivity contribution in [1.29, 1.82) is 0 Å². The Bertz CT molecular complexity index is 1970. The number of aliphatic hydroxyl groups is 1. The summed E-state index contributed by atoms with van der Waals surface area (Å²) >= 11 is 0. The van der Waals surface area contributed by atoms with Crippen molar-refractivity contribution < 1.29 is 80.2 Å². The number of phosphoric ester groups is 2. The first-order valence-corrected chi connectivity index (χ1v) is 42.8. The number of allylic oxidation sites excluding steroid dienone is 4. The van der Waals surface area contributed by atoms with Gasteiger partial charge in [0.25, 0.3) is 0 Å². The Balaban J connectivity index is 5.24. The van der Waals surface area contributed by atoms with E-state index in [1.807, 2.05) is 0 Å². The van der Waals surface area contributed by atoms with Crippen LogP contribution in [0.25, 0.3) is 0 Å². The normalized spacial score (nSPS) is 14.4. The largest absolute Gasteiger partial charge is 0.472 e. The molecule has 0 aromatic heterocycles. The van der Waals surface area contributed by atoms with Gasteiger partial charge in [0, 0.05) is 25.7 Å². The highest BCUT2D eigenvalue weighted by atomic mass is 31.2. The van der Waals surface area contributed by atoms with Crippen LogP contribution in [0.4, 0.5) is 0 Å². The summed E-state index contributed by atoms with van der Waals surface area (Å²) in [6, 6.07) is 0. The molecule has 572 valence electrons. The van der Waals surface area contributed by atoms with Crippen LogP contribution in [0.15, 0.2) is 24.3 Å². The molecule has 19 heteroatoms. The van der Waals surface area contributed by atoms with E-state index in [1.54, 1.807) is 0 Å². The molecule has 0 spiro atoms. The number of hydrogen-bond acceptors (Lipinski definition) is 15. The van der Waals surface area contributed by atoms with Crippen LogP contribution in [0.5, 0.6) is 0 Å². The maximum absolute atomic E-state index is 13.1. The van der Waals surface area contributed by atoms with E-state index in [1.165, 1.54) is 173 Å². The molecule has 0 saturated carbocycles. The fourth-order valence-electron chi connectivity index (χ4n) is 11.4. The van der Waals surface area contributed by atoms with E-state index in [0.717, 1.165) is 127 Å². The highest BCUT2D eigenvalue weighted by Gasteiger charge is 2.30. The number of carbonyl (C=O) groups is 4. The summed E-state index contributed by atoms with van der Waals surface area (Å²) in [7, 11) is -9.92. The van der Waals surface area contributed by atoms with Gasteiger partial charge in [-0.3, -0.25) is 37.3 Å². The summed E-state index contributed by atoms with van der Waals surface area (Å²) < 4.78 is 68.5. The molecule has 3 unspecified atom stereocenters. The van der Waals surface area contributed by atoms with Crippen LogP contribution in [0.2, 0.25) is 0 Å². The van der Waals surface area contributed by atoms with Gasteiger partial charge in [0.05, 0.1) is 26.4 Å². The maximum atomic E-state index is 13.1. The minimum Gasteiger partial charge on any atom is -0.462 e. The van der Waals surface area contributed by atoms with E-state index in [4.69, 9.17) is 37.0 Å². The minimum atomic E-state index is -4.97. The molecular formula is C78H148O17P2. The molecule has 0 aromatic rings. The molecule has 0 aromatic carbocycles. The van der Waals surface area contributed by atoms with Crippen LogP contribution < -0.4 is 0 Å². The van der Waals surface area contributed by atoms with Gasteiger partial charge in [-0.2, -0.15) is 0 Å². The summed E-state index contributed by atoms with van der Waals surface area (Å²) in [5.41, 5.74) is 0. The maximum Gasteiger partial charge on any atom is 0.472 e. The number of unbranched alkanes of at least 4 members (excludes halogenated alkanes) is 41. The average Bonchev–Trinajstić information content (AvgIpc) is 1.46. The molecule has 0 aliphatic carbocycles. The fraction of sp³-hybridized carbons (Fsp3) is 0.897. The average molecular weight is 1420 g/mol. The number of carbonyl (C=O) groups excluding carboxylic acids is 4. The molecular weight excluding hydrogens is 1270 g/mol. The van der Waals surface area contributed by atoms with Gasteiger partial charge in [-0.05, 0) is 63.2 Å². The third-order valence-corrected chi connectivity index (χ3v) is 19.8. The van der Waals surface area contributed by atoms with Crippen LogP contribution in [0.1, 0.15) is 382 Å². The van der Waals surface area contributed by atoms with Crippen molar-refractivity contribution in [2.24, 2.45) is 11.8 Å². The molecule has 3 N–H and O–H groups in total. The highest BCUT2D eigenvalue weighted by Crippen LogP contribution is 2.45. The fourth-order valence-corrected chi connectivity index (χ4v) is 13.0. The van der Waals surface area contributed by atoms with Crippen LogP contribution >= 0.6 is 15.6 Å². The Morgan fingerprint density at radius 1 is 0.340 bits per heavy atom. The quantitative estimate of drug-likeness (QED) is 0.0169. The Morgan fingerprint density at radius 2 is 0.608 bits per heavy atom. The van der Waals surface area contributed by atoms with Gasteiger partial charge < -0.3 is 33.8 Å². The van der Waals surface area contributed by atoms with Gasteiger partial charge in [0.1, 0.15) is 19.3 Å². The van der Waals surface area contributed by atoms with E-state index in [9.17, 15) is 43.2 Å². The molecule has 0 aliphatic rings. The van der Waals surface area contributed by atoms with Crippen molar-refractivity contribution in [3.8, 4) is 0 Å². The van der Waals surface area contributed by atoms with Gasteiger partial charge in [-0.15, -0.1) is 0 Å². The second kappa shape index (κ2) is 69.3. The topological polar surface area (TPSA) is 237 Å². The van der Waals surface area contributed by atoms with Crippen molar-refractivity contribution in [2.45, 2.75) is 400 Å². The molecule has 0 aliphatic heterocycles. The monoisotopic (exact) mass is 1420 g/mol. The number of aliphatic hydroxyl groups excluding tert-OH is 1. The summed E-state index contributed by atoms with van der Waals surface area (Å²) in [5.74, 6) is -0.597. The molecule has 0 heterocycles. The first-order valence-electron chi connectivity index (χ1n) is 39.8. The summed E-state index contributed by atoms with van der Waals surface area (Å²) in [6.45, 7) is 9.53. The van der Waals surface area contributed by atoms with Crippen LogP contribution in [0, 0.1) is 11.8 Å². The van der Waals surface area contributed by atoms with Crippen LogP contribution in [0.3, 0.4) is 0 Å². The molecule has 0 fully saturated rings. The molecule has 0 amide bonds. The molecule has 0 rings (SSSR count). The minimum absolute atomic E-state index is 0.101. The smallest absolute Gasteiger partial charge is 0.462 e.